The van der Waals surface area contributed by atoms with Gasteiger partial charge in [-0.15, -0.1) is 0 Å². The third-order valence-corrected chi connectivity index (χ3v) is 4.14. The number of ether oxygens (including phenoxy) is 2. The van der Waals surface area contributed by atoms with Gasteiger partial charge in [-0.1, -0.05) is 6.92 Å². The van der Waals surface area contributed by atoms with Crippen molar-refractivity contribution in [3.63, 3.8) is 0 Å². The summed E-state index contributed by atoms with van der Waals surface area (Å²) in [6, 6.07) is 0.786. The molecule has 3 nitrogen and oxygen atoms in total. The molecule has 3 heteroatoms. The van der Waals surface area contributed by atoms with Crippen molar-refractivity contribution in [1.82, 2.24) is 5.32 Å². The molecule has 1 aliphatic carbocycles. The Morgan fingerprint density at radius 3 is 2.88 bits per heavy atom. The number of hydrogen-bond donors (Lipinski definition) is 1. The van der Waals surface area contributed by atoms with Crippen LogP contribution in [0.1, 0.15) is 32.6 Å². The van der Waals surface area contributed by atoms with Crippen LogP contribution in [0.2, 0.25) is 0 Å². The summed E-state index contributed by atoms with van der Waals surface area (Å²) in [6.45, 7) is 6.08. The van der Waals surface area contributed by atoms with Gasteiger partial charge >= 0.3 is 0 Å². The van der Waals surface area contributed by atoms with Gasteiger partial charge in [0.25, 0.3) is 0 Å². The first kappa shape index (κ1) is 12.3. The van der Waals surface area contributed by atoms with E-state index in [0.717, 1.165) is 32.4 Å². The number of methoxy groups -OCH3 is 1. The van der Waals surface area contributed by atoms with Gasteiger partial charge in [0.2, 0.25) is 0 Å². The van der Waals surface area contributed by atoms with Crippen LogP contribution < -0.4 is 5.32 Å². The summed E-state index contributed by atoms with van der Waals surface area (Å²) in [6.07, 6.45) is 5.18. The van der Waals surface area contributed by atoms with Crippen LogP contribution in [-0.2, 0) is 9.47 Å². The first-order valence-corrected chi connectivity index (χ1v) is 6.57. The minimum atomic E-state index is 0.302. The van der Waals surface area contributed by atoms with Gasteiger partial charge in [0.1, 0.15) is 0 Å². The molecule has 0 aromatic rings. The van der Waals surface area contributed by atoms with E-state index in [0.29, 0.717) is 11.3 Å². The smallest absolute Gasteiger partial charge is 0.0538 e. The third kappa shape index (κ3) is 2.96. The normalized spacial score (nSPS) is 32.6. The molecule has 2 unspecified atom stereocenters. The fourth-order valence-electron chi connectivity index (χ4n) is 2.64. The maximum absolute atomic E-state index is 5.71. The van der Waals surface area contributed by atoms with Gasteiger partial charge in [-0.25, -0.2) is 0 Å². The van der Waals surface area contributed by atoms with E-state index in [1.807, 2.05) is 0 Å². The van der Waals surface area contributed by atoms with Crippen molar-refractivity contribution in [3.05, 3.63) is 0 Å². The summed E-state index contributed by atoms with van der Waals surface area (Å²) in [7, 11) is 1.79. The molecule has 1 saturated carbocycles. The zero-order valence-corrected chi connectivity index (χ0v) is 10.6. The molecular formula is C13H25NO2. The van der Waals surface area contributed by atoms with Crippen LogP contribution in [0.5, 0.6) is 0 Å². The fourth-order valence-corrected chi connectivity index (χ4v) is 2.64. The van der Waals surface area contributed by atoms with Gasteiger partial charge in [-0.05, 0) is 31.6 Å². The van der Waals surface area contributed by atoms with Gasteiger partial charge in [0, 0.05) is 38.3 Å². The number of rotatable bonds is 6. The molecule has 2 aliphatic rings. The maximum Gasteiger partial charge on any atom is 0.0538 e. The molecule has 2 fully saturated rings. The van der Waals surface area contributed by atoms with E-state index in [9.17, 15) is 0 Å². The van der Waals surface area contributed by atoms with E-state index in [-0.39, 0.29) is 0 Å². The van der Waals surface area contributed by atoms with Crippen molar-refractivity contribution in [1.29, 1.82) is 0 Å². The largest absolute Gasteiger partial charge is 0.384 e. The van der Waals surface area contributed by atoms with E-state index in [2.05, 4.69) is 12.2 Å². The third-order valence-electron chi connectivity index (χ3n) is 4.14. The van der Waals surface area contributed by atoms with Crippen molar-refractivity contribution in [3.8, 4) is 0 Å². The van der Waals surface area contributed by atoms with Crippen LogP contribution in [-0.4, -0.2) is 39.5 Å². The molecule has 0 aromatic carbocycles. The second-order valence-corrected chi connectivity index (χ2v) is 5.53. The Hall–Kier alpha value is -0.120. The lowest BCUT2D eigenvalue weighted by Gasteiger charge is -2.42. The zero-order chi connectivity index (χ0) is 11.4. The topological polar surface area (TPSA) is 30.5 Å². The second kappa shape index (κ2) is 5.48. The number of hydrogen-bond acceptors (Lipinski definition) is 3. The Morgan fingerprint density at radius 2 is 2.31 bits per heavy atom. The van der Waals surface area contributed by atoms with Crippen molar-refractivity contribution in [2.75, 3.05) is 33.5 Å². The molecule has 2 atom stereocenters. The van der Waals surface area contributed by atoms with E-state index in [1.54, 1.807) is 7.11 Å². The van der Waals surface area contributed by atoms with Crippen LogP contribution in [0.4, 0.5) is 0 Å². The molecule has 0 spiro atoms. The van der Waals surface area contributed by atoms with Crippen LogP contribution in [0.25, 0.3) is 0 Å². The SMILES string of the molecule is COCC(C)C1(CNC2CC2)CCCOC1. The molecule has 1 N–H and O–H groups in total. The summed E-state index contributed by atoms with van der Waals surface area (Å²) >= 11 is 0. The van der Waals surface area contributed by atoms with Crippen molar-refractivity contribution in [2.45, 2.75) is 38.6 Å². The van der Waals surface area contributed by atoms with Crippen molar-refractivity contribution >= 4 is 0 Å². The average Bonchev–Trinajstić information content (AvgIpc) is 3.12. The standard InChI is InChI=1S/C13H25NO2/c1-11(8-15-2)13(6-3-7-16-10-13)9-14-12-4-5-12/h11-12,14H,3-10H2,1-2H3. The Morgan fingerprint density at radius 1 is 1.50 bits per heavy atom. The zero-order valence-electron chi connectivity index (χ0n) is 10.6. The highest BCUT2D eigenvalue weighted by Gasteiger charge is 2.39. The summed E-state index contributed by atoms with van der Waals surface area (Å²) in [4.78, 5) is 0. The predicted molar refractivity (Wildman–Crippen MR) is 64.6 cm³/mol. The Labute approximate surface area is 98.9 Å². The van der Waals surface area contributed by atoms with Gasteiger partial charge in [0.15, 0.2) is 0 Å². The van der Waals surface area contributed by atoms with Gasteiger partial charge in [-0.2, -0.15) is 0 Å². The van der Waals surface area contributed by atoms with Crippen LogP contribution in [0.15, 0.2) is 0 Å². The minimum Gasteiger partial charge on any atom is -0.384 e. The minimum absolute atomic E-state index is 0.302. The second-order valence-electron chi connectivity index (χ2n) is 5.53. The Balaban J connectivity index is 1.91. The lowest BCUT2D eigenvalue weighted by Crippen LogP contribution is -2.47. The lowest BCUT2D eigenvalue weighted by molar-refractivity contribution is -0.0548. The fraction of sp³-hybridized carbons (Fsp3) is 1.00. The molecule has 1 heterocycles. The predicted octanol–water partition coefficient (Wildman–Crippen LogP) is 1.82. The van der Waals surface area contributed by atoms with Crippen molar-refractivity contribution < 1.29 is 9.47 Å². The van der Waals surface area contributed by atoms with Crippen LogP contribution in [0.3, 0.4) is 0 Å². The molecule has 1 aliphatic heterocycles. The highest BCUT2D eigenvalue weighted by molar-refractivity contribution is 4.92. The van der Waals surface area contributed by atoms with Gasteiger partial charge in [0.05, 0.1) is 6.61 Å². The van der Waals surface area contributed by atoms with E-state index in [4.69, 9.17) is 9.47 Å². The summed E-state index contributed by atoms with van der Waals surface area (Å²) in [5, 5.41) is 3.67. The molecule has 2 rings (SSSR count). The van der Waals surface area contributed by atoms with Gasteiger partial charge < -0.3 is 14.8 Å². The van der Waals surface area contributed by atoms with E-state index < -0.39 is 0 Å². The van der Waals surface area contributed by atoms with E-state index >= 15 is 0 Å². The van der Waals surface area contributed by atoms with Crippen LogP contribution in [0, 0.1) is 11.3 Å². The Kier molecular flexibility index (Phi) is 4.22. The molecule has 0 bridgehead atoms. The molecule has 0 aromatic heterocycles. The van der Waals surface area contributed by atoms with E-state index in [1.165, 1.54) is 25.7 Å². The summed E-state index contributed by atoms with van der Waals surface area (Å²) < 4.78 is 11.0. The maximum atomic E-state index is 5.71. The monoisotopic (exact) mass is 227 g/mol. The molecule has 16 heavy (non-hydrogen) atoms. The molecular weight excluding hydrogens is 202 g/mol. The highest BCUT2D eigenvalue weighted by Crippen LogP contribution is 2.37. The molecule has 1 saturated heterocycles. The highest BCUT2D eigenvalue weighted by atomic mass is 16.5. The Bertz CT molecular complexity index is 210. The van der Waals surface area contributed by atoms with Gasteiger partial charge in [-0.3, -0.25) is 0 Å². The first-order chi connectivity index (χ1) is 7.77. The quantitative estimate of drug-likeness (QED) is 0.751. The first-order valence-electron chi connectivity index (χ1n) is 6.57. The summed E-state index contributed by atoms with van der Waals surface area (Å²) in [5.41, 5.74) is 0.302. The number of nitrogens with one attached hydrogen (secondary N) is 1. The van der Waals surface area contributed by atoms with Crippen LogP contribution >= 0.6 is 0 Å². The van der Waals surface area contributed by atoms with Crippen molar-refractivity contribution in [2.24, 2.45) is 11.3 Å². The average molecular weight is 227 g/mol. The lowest BCUT2D eigenvalue weighted by atomic mass is 9.72. The molecule has 94 valence electrons. The molecule has 0 radical (unpaired) electrons. The summed E-state index contributed by atoms with van der Waals surface area (Å²) in [5.74, 6) is 0.573. The molecule has 0 amide bonds.